The minimum absolute atomic E-state index is 0.0112. The van der Waals surface area contributed by atoms with Crippen LogP contribution in [0.4, 0.5) is 10.8 Å². The molecule has 0 unspecified atom stereocenters. The minimum Gasteiger partial charge on any atom is -0.326 e. The molecule has 0 aliphatic heterocycles. The number of aromatic nitrogens is 2. The van der Waals surface area contributed by atoms with Gasteiger partial charge in [-0.25, -0.2) is 0 Å². The first kappa shape index (κ1) is 15.1. The highest BCUT2D eigenvalue weighted by Crippen LogP contribution is 2.14. The lowest BCUT2D eigenvalue weighted by atomic mass is 10.2. The second kappa shape index (κ2) is 7.49. The van der Waals surface area contributed by atoms with E-state index in [1.807, 2.05) is 6.92 Å². The average molecular weight is 304 g/mol. The maximum atomic E-state index is 11.9. The van der Waals surface area contributed by atoms with Crippen molar-refractivity contribution in [2.45, 2.75) is 26.2 Å². The summed E-state index contributed by atoms with van der Waals surface area (Å²) in [4.78, 5) is 23.5. The van der Waals surface area contributed by atoms with Gasteiger partial charge >= 0.3 is 0 Å². The normalized spacial score (nSPS) is 10.1. The predicted molar refractivity (Wildman–Crippen MR) is 82.5 cm³/mol. The molecule has 2 aromatic rings. The molecule has 0 spiro atoms. The van der Waals surface area contributed by atoms with E-state index < -0.39 is 0 Å². The summed E-state index contributed by atoms with van der Waals surface area (Å²) in [5.41, 5.74) is 2.73. The molecule has 2 amide bonds. The number of nitrogens with zero attached hydrogens (tertiary/aromatic N) is 2. The topological polar surface area (TPSA) is 84.0 Å². The van der Waals surface area contributed by atoms with E-state index in [0.29, 0.717) is 22.8 Å². The van der Waals surface area contributed by atoms with E-state index >= 15 is 0 Å². The van der Waals surface area contributed by atoms with E-state index in [1.165, 1.54) is 11.3 Å². The zero-order valence-electron chi connectivity index (χ0n) is 11.6. The van der Waals surface area contributed by atoms with Gasteiger partial charge in [0.1, 0.15) is 5.51 Å². The molecular formula is C14H16N4O2S. The van der Waals surface area contributed by atoms with Gasteiger partial charge in [0.2, 0.25) is 11.0 Å². The molecular weight excluding hydrogens is 288 g/mol. The molecule has 0 atom stereocenters. The Morgan fingerprint density at radius 1 is 1.19 bits per heavy atom. The maximum Gasteiger partial charge on any atom is 0.257 e. The van der Waals surface area contributed by atoms with Gasteiger partial charge in [-0.3, -0.25) is 14.9 Å². The highest BCUT2D eigenvalue weighted by atomic mass is 32.1. The number of benzene rings is 1. The van der Waals surface area contributed by atoms with Crippen LogP contribution in [0.15, 0.2) is 29.8 Å². The van der Waals surface area contributed by atoms with Crippen molar-refractivity contribution < 1.29 is 9.59 Å². The number of carbonyl (C=O) groups excluding carboxylic acids is 2. The van der Waals surface area contributed by atoms with Crippen LogP contribution < -0.4 is 10.6 Å². The molecule has 0 saturated carbocycles. The van der Waals surface area contributed by atoms with Crippen LogP contribution in [0, 0.1) is 0 Å². The highest BCUT2D eigenvalue weighted by Gasteiger charge is 2.08. The number of anilines is 2. The molecule has 0 radical (unpaired) electrons. The molecule has 1 aromatic carbocycles. The van der Waals surface area contributed by atoms with E-state index in [4.69, 9.17) is 0 Å². The van der Waals surface area contributed by atoms with E-state index in [0.717, 1.165) is 12.8 Å². The fourth-order valence-corrected chi connectivity index (χ4v) is 2.10. The third-order valence-electron chi connectivity index (χ3n) is 2.77. The van der Waals surface area contributed by atoms with Crippen LogP contribution in [0.3, 0.4) is 0 Å². The zero-order valence-corrected chi connectivity index (χ0v) is 12.4. The van der Waals surface area contributed by atoms with Gasteiger partial charge in [-0.05, 0) is 30.7 Å². The Bertz CT molecular complexity index is 596. The second-order valence-corrected chi connectivity index (χ2v) is 5.26. The number of hydrogen-bond acceptors (Lipinski definition) is 5. The Balaban J connectivity index is 1.92. The van der Waals surface area contributed by atoms with Crippen LogP contribution in [0.1, 0.15) is 36.5 Å². The second-order valence-electron chi connectivity index (χ2n) is 4.43. The number of hydrogen-bond donors (Lipinski definition) is 2. The molecule has 0 aliphatic rings. The standard InChI is InChI=1S/C14H16N4O2S/c1-2-3-4-12(19)16-11-7-5-10(6-8-11)13(20)17-14-18-15-9-21-14/h5-9H,2-4H2,1H3,(H,16,19)(H,17,18,20). The fraction of sp³-hybridized carbons (Fsp3) is 0.286. The predicted octanol–water partition coefficient (Wildman–Crippen LogP) is 2.92. The Kier molecular flexibility index (Phi) is 5.39. The van der Waals surface area contributed by atoms with E-state index in [2.05, 4.69) is 20.8 Å². The first-order chi connectivity index (χ1) is 10.2. The van der Waals surface area contributed by atoms with Crippen molar-refractivity contribution in [2.75, 3.05) is 10.6 Å². The minimum atomic E-state index is -0.254. The number of nitrogens with one attached hydrogen (secondary N) is 2. The summed E-state index contributed by atoms with van der Waals surface area (Å²) in [5, 5.41) is 13.3. The maximum absolute atomic E-state index is 11.9. The van der Waals surface area contributed by atoms with Crippen LogP contribution in [-0.4, -0.2) is 22.0 Å². The summed E-state index contributed by atoms with van der Waals surface area (Å²) < 4.78 is 0. The number of carbonyl (C=O) groups is 2. The van der Waals surface area contributed by atoms with Crippen LogP contribution in [0.25, 0.3) is 0 Å². The molecule has 1 aromatic heterocycles. The lowest BCUT2D eigenvalue weighted by Gasteiger charge is -2.06. The Hall–Kier alpha value is -2.28. The van der Waals surface area contributed by atoms with Gasteiger partial charge in [-0.15, -0.1) is 10.2 Å². The average Bonchev–Trinajstić information content (AvgIpc) is 2.98. The Morgan fingerprint density at radius 3 is 2.57 bits per heavy atom. The van der Waals surface area contributed by atoms with Gasteiger partial charge in [0.25, 0.3) is 5.91 Å². The highest BCUT2D eigenvalue weighted by molar-refractivity contribution is 7.13. The molecule has 6 nitrogen and oxygen atoms in total. The Morgan fingerprint density at radius 2 is 1.95 bits per heavy atom. The lowest BCUT2D eigenvalue weighted by Crippen LogP contribution is -2.13. The number of unbranched alkanes of at least 4 members (excludes halogenated alkanes) is 1. The van der Waals surface area contributed by atoms with Crippen molar-refractivity contribution in [2.24, 2.45) is 0 Å². The fourth-order valence-electron chi connectivity index (χ4n) is 1.66. The molecule has 7 heteroatoms. The first-order valence-corrected chi connectivity index (χ1v) is 7.54. The summed E-state index contributed by atoms with van der Waals surface area (Å²) in [6.45, 7) is 2.04. The summed E-state index contributed by atoms with van der Waals surface area (Å²) >= 11 is 1.25. The van der Waals surface area contributed by atoms with Crippen LogP contribution >= 0.6 is 11.3 Å². The smallest absolute Gasteiger partial charge is 0.257 e. The van der Waals surface area contributed by atoms with Crippen molar-refractivity contribution in [1.82, 2.24) is 10.2 Å². The van der Waals surface area contributed by atoms with Crippen LogP contribution in [0.2, 0.25) is 0 Å². The van der Waals surface area contributed by atoms with Crippen molar-refractivity contribution in [3.63, 3.8) is 0 Å². The SMILES string of the molecule is CCCCC(=O)Nc1ccc(C(=O)Nc2nncs2)cc1. The van der Waals surface area contributed by atoms with Crippen molar-refractivity contribution in [3.05, 3.63) is 35.3 Å². The van der Waals surface area contributed by atoms with Crippen LogP contribution in [0.5, 0.6) is 0 Å². The van der Waals surface area contributed by atoms with Crippen molar-refractivity contribution >= 4 is 34.0 Å². The largest absolute Gasteiger partial charge is 0.326 e. The van der Waals surface area contributed by atoms with Gasteiger partial charge in [-0.2, -0.15) is 0 Å². The summed E-state index contributed by atoms with van der Waals surface area (Å²) in [6.07, 6.45) is 2.36. The Labute approximate surface area is 126 Å². The molecule has 2 rings (SSSR count). The summed E-state index contributed by atoms with van der Waals surface area (Å²) in [5.74, 6) is -0.265. The third kappa shape index (κ3) is 4.64. The van der Waals surface area contributed by atoms with Crippen molar-refractivity contribution in [1.29, 1.82) is 0 Å². The van der Waals surface area contributed by atoms with Gasteiger partial charge in [0.05, 0.1) is 0 Å². The quantitative estimate of drug-likeness (QED) is 0.859. The molecule has 2 N–H and O–H groups in total. The summed E-state index contributed by atoms with van der Waals surface area (Å²) in [7, 11) is 0. The van der Waals surface area contributed by atoms with Gasteiger partial charge in [-0.1, -0.05) is 24.7 Å². The zero-order chi connectivity index (χ0) is 15.1. The van der Waals surface area contributed by atoms with Gasteiger partial charge in [0.15, 0.2) is 0 Å². The van der Waals surface area contributed by atoms with Crippen molar-refractivity contribution in [3.8, 4) is 0 Å². The molecule has 21 heavy (non-hydrogen) atoms. The molecule has 0 bridgehead atoms. The van der Waals surface area contributed by atoms with Gasteiger partial charge < -0.3 is 5.32 Å². The van der Waals surface area contributed by atoms with Gasteiger partial charge in [0, 0.05) is 17.7 Å². The van der Waals surface area contributed by atoms with Crippen LogP contribution in [-0.2, 0) is 4.79 Å². The molecule has 1 heterocycles. The van der Waals surface area contributed by atoms with E-state index in [1.54, 1.807) is 29.8 Å². The summed E-state index contributed by atoms with van der Waals surface area (Å²) in [6, 6.07) is 6.73. The monoisotopic (exact) mass is 304 g/mol. The third-order valence-corrected chi connectivity index (χ3v) is 3.38. The molecule has 110 valence electrons. The number of amides is 2. The number of rotatable bonds is 6. The van der Waals surface area contributed by atoms with E-state index in [9.17, 15) is 9.59 Å². The van der Waals surface area contributed by atoms with E-state index in [-0.39, 0.29) is 11.8 Å². The lowest BCUT2D eigenvalue weighted by molar-refractivity contribution is -0.116. The first-order valence-electron chi connectivity index (χ1n) is 6.66. The molecule has 0 fully saturated rings. The molecule has 0 saturated heterocycles. The molecule has 0 aliphatic carbocycles.